The van der Waals surface area contributed by atoms with E-state index in [4.69, 9.17) is 4.74 Å². The Kier molecular flexibility index (Phi) is 4.89. The van der Waals surface area contributed by atoms with Crippen LogP contribution in [0.25, 0.3) is 0 Å². The first-order chi connectivity index (χ1) is 11.5. The standard InChI is InChI=1S/C17H23F2N3O2/c1-24-14-6-2-5-13(8-14)22-7-3-4-12(10-22)21-16(23)15-9-17(18,19)11-20-15/h2,5-6,8,12,15,20H,3-4,7,9-11H2,1H3,(H,21,23). The molecule has 2 heterocycles. The van der Waals surface area contributed by atoms with Crippen molar-refractivity contribution < 1.29 is 18.3 Å². The van der Waals surface area contributed by atoms with Gasteiger partial charge in [0.2, 0.25) is 5.91 Å². The molecule has 2 atom stereocenters. The summed E-state index contributed by atoms with van der Waals surface area (Å²) in [6.07, 6.45) is 1.37. The Morgan fingerprint density at radius 3 is 3.00 bits per heavy atom. The van der Waals surface area contributed by atoms with Gasteiger partial charge in [-0.1, -0.05) is 6.07 Å². The van der Waals surface area contributed by atoms with Crippen molar-refractivity contribution in [3.63, 3.8) is 0 Å². The number of anilines is 1. The van der Waals surface area contributed by atoms with Crippen molar-refractivity contribution in [2.24, 2.45) is 0 Å². The Morgan fingerprint density at radius 1 is 1.46 bits per heavy atom. The van der Waals surface area contributed by atoms with Gasteiger partial charge in [-0.05, 0) is 25.0 Å². The topological polar surface area (TPSA) is 53.6 Å². The Labute approximate surface area is 140 Å². The van der Waals surface area contributed by atoms with Crippen molar-refractivity contribution in [1.82, 2.24) is 10.6 Å². The number of hydrogen-bond acceptors (Lipinski definition) is 4. The first-order valence-corrected chi connectivity index (χ1v) is 8.27. The Balaban J connectivity index is 1.58. The van der Waals surface area contributed by atoms with Crippen LogP contribution in [-0.4, -0.2) is 50.7 Å². The van der Waals surface area contributed by atoms with Gasteiger partial charge in [-0.3, -0.25) is 10.1 Å². The van der Waals surface area contributed by atoms with Crippen LogP contribution >= 0.6 is 0 Å². The van der Waals surface area contributed by atoms with Gasteiger partial charge in [-0.15, -0.1) is 0 Å². The summed E-state index contributed by atoms with van der Waals surface area (Å²) in [4.78, 5) is 14.4. The number of hydrogen-bond donors (Lipinski definition) is 2. The van der Waals surface area contributed by atoms with Crippen LogP contribution in [0.2, 0.25) is 0 Å². The normalized spacial score (nSPS) is 26.2. The molecule has 0 bridgehead atoms. The van der Waals surface area contributed by atoms with E-state index < -0.39 is 24.9 Å². The van der Waals surface area contributed by atoms with E-state index in [-0.39, 0.29) is 11.9 Å². The third-order valence-corrected chi connectivity index (χ3v) is 4.61. The number of nitrogens with zero attached hydrogens (tertiary/aromatic N) is 1. The number of alkyl halides is 2. The average Bonchev–Trinajstić information content (AvgIpc) is 2.95. The van der Waals surface area contributed by atoms with Crippen molar-refractivity contribution in [1.29, 1.82) is 0 Å². The summed E-state index contributed by atoms with van der Waals surface area (Å²) in [5.41, 5.74) is 1.04. The lowest BCUT2D eigenvalue weighted by Crippen LogP contribution is -2.51. The summed E-state index contributed by atoms with van der Waals surface area (Å²) >= 11 is 0. The minimum absolute atomic E-state index is 0.0338. The highest BCUT2D eigenvalue weighted by Crippen LogP contribution is 2.26. The zero-order valence-electron chi connectivity index (χ0n) is 13.7. The summed E-state index contributed by atoms with van der Waals surface area (Å²) < 4.78 is 31.7. The number of rotatable bonds is 4. The smallest absolute Gasteiger partial charge is 0.262 e. The molecule has 24 heavy (non-hydrogen) atoms. The summed E-state index contributed by atoms with van der Waals surface area (Å²) in [6, 6.07) is 6.95. The van der Waals surface area contributed by atoms with Gasteiger partial charge in [-0.2, -0.15) is 0 Å². The largest absolute Gasteiger partial charge is 0.497 e. The number of halogens is 2. The van der Waals surface area contributed by atoms with Crippen molar-refractivity contribution in [2.45, 2.75) is 37.3 Å². The molecule has 2 aliphatic rings. The molecule has 2 N–H and O–H groups in total. The van der Waals surface area contributed by atoms with Crippen LogP contribution < -0.4 is 20.3 Å². The van der Waals surface area contributed by atoms with Crippen molar-refractivity contribution in [2.75, 3.05) is 31.6 Å². The van der Waals surface area contributed by atoms with E-state index in [0.717, 1.165) is 30.8 Å². The molecule has 1 aromatic carbocycles. The van der Waals surface area contributed by atoms with Gasteiger partial charge in [0.05, 0.1) is 19.7 Å². The molecule has 0 aliphatic carbocycles. The Morgan fingerprint density at radius 2 is 2.29 bits per heavy atom. The minimum atomic E-state index is -2.79. The van der Waals surface area contributed by atoms with Gasteiger partial charge in [0.25, 0.3) is 5.92 Å². The number of piperidine rings is 1. The zero-order valence-corrected chi connectivity index (χ0v) is 13.7. The number of methoxy groups -OCH3 is 1. The number of benzene rings is 1. The molecule has 3 rings (SSSR count). The predicted molar refractivity (Wildman–Crippen MR) is 87.7 cm³/mol. The van der Waals surface area contributed by atoms with Gasteiger partial charge < -0.3 is 15.0 Å². The molecule has 0 spiro atoms. The molecule has 2 unspecified atom stereocenters. The van der Waals surface area contributed by atoms with Crippen molar-refractivity contribution in [3.05, 3.63) is 24.3 Å². The third-order valence-electron chi connectivity index (χ3n) is 4.61. The maximum atomic E-state index is 13.2. The Bertz CT molecular complexity index is 597. The van der Waals surface area contributed by atoms with Gasteiger partial charge >= 0.3 is 0 Å². The molecular formula is C17H23F2N3O2. The lowest BCUT2D eigenvalue weighted by molar-refractivity contribution is -0.124. The van der Waals surface area contributed by atoms with Crippen LogP contribution in [0.1, 0.15) is 19.3 Å². The highest BCUT2D eigenvalue weighted by molar-refractivity contribution is 5.82. The number of nitrogens with one attached hydrogen (secondary N) is 2. The summed E-state index contributed by atoms with van der Waals surface area (Å²) in [5.74, 6) is -2.33. The molecule has 5 nitrogen and oxygen atoms in total. The highest BCUT2D eigenvalue weighted by atomic mass is 19.3. The summed E-state index contributed by atoms with van der Waals surface area (Å²) in [5, 5.41) is 5.52. The number of carbonyl (C=O) groups excluding carboxylic acids is 1. The fraction of sp³-hybridized carbons (Fsp3) is 0.588. The zero-order chi connectivity index (χ0) is 17.2. The Hall–Kier alpha value is -1.89. The molecule has 0 aromatic heterocycles. The predicted octanol–water partition coefficient (Wildman–Crippen LogP) is 1.78. The van der Waals surface area contributed by atoms with E-state index in [1.807, 2.05) is 24.3 Å². The number of amides is 1. The fourth-order valence-electron chi connectivity index (χ4n) is 3.34. The highest BCUT2D eigenvalue weighted by Gasteiger charge is 2.42. The van der Waals surface area contributed by atoms with Crippen LogP contribution in [-0.2, 0) is 4.79 Å². The van der Waals surface area contributed by atoms with Gasteiger partial charge in [0.1, 0.15) is 5.75 Å². The molecule has 1 amide bonds. The maximum absolute atomic E-state index is 13.2. The molecule has 2 aliphatic heterocycles. The molecule has 2 saturated heterocycles. The van der Waals surface area contributed by atoms with E-state index >= 15 is 0 Å². The lowest BCUT2D eigenvalue weighted by Gasteiger charge is -2.35. The number of ether oxygens (including phenoxy) is 1. The summed E-state index contributed by atoms with van der Waals surface area (Å²) in [6.45, 7) is 1.15. The van der Waals surface area contributed by atoms with E-state index in [1.165, 1.54) is 0 Å². The molecular weight excluding hydrogens is 316 g/mol. The quantitative estimate of drug-likeness (QED) is 0.878. The van der Waals surface area contributed by atoms with E-state index in [9.17, 15) is 13.6 Å². The van der Waals surface area contributed by atoms with Crippen LogP contribution in [0.4, 0.5) is 14.5 Å². The first kappa shape index (κ1) is 17.0. The lowest BCUT2D eigenvalue weighted by atomic mass is 10.0. The molecule has 7 heteroatoms. The average molecular weight is 339 g/mol. The van der Waals surface area contributed by atoms with Crippen molar-refractivity contribution >= 4 is 11.6 Å². The van der Waals surface area contributed by atoms with Gasteiger partial charge in [0, 0.05) is 37.3 Å². The SMILES string of the molecule is COc1cccc(N2CCCC(NC(=O)C3CC(F)(F)CN3)C2)c1. The minimum Gasteiger partial charge on any atom is -0.497 e. The third kappa shape index (κ3) is 3.95. The summed E-state index contributed by atoms with van der Waals surface area (Å²) in [7, 11) is 1.63. The second-order valence-electron chi connectivity index (χ2n) is 6.49. The molecule has 132 valence electrons. The van der Waals surface area contributed by atoms with Crippen LogP contribution in [0.3, 0.4) is 0 Å². The number of carbonyl (C=O) groups is 1. The van der Waals surface area contributed by atoms with Crippen LogP contribution in [0.15, 0.2) is 24.3 Å². The van der Waals surface area contributed by atoms with E-state index in [1.54, 1.807) is 7.11 Å². The molecule has 0 saturated carbocycles. The maximum Gasteiger partial charge on any atom is 0.262 e. The molecule has 0 radical (unpaired) electrons. The first-order valence-electron chi connectivity index (χ1n) is 8.27. The molecule has 1 aromatic rings. The monoisotopic (exact) mass is 339 g/mol. The second kappa shape index (κ2) is 6.93. The van der Waals surface area contributed by atoms with Gasteiger partial charge in [-0.25, -0.2) is 8.78 Å². The second-order valence-corrected chi connectivity index (χ2v) is 6.49. The fourth-order valence-corrected chi connectivity index (χ4v) is 3.34. The van der Waals surface area contributed by atoms with E-state index in [0.29, 0.717) is 6.54 Å². The van der Waals surface area contributed by atoms with E-state index in [2.05, 4.69) is 15.5 Å². The van der Waals surface area contributed by atoms with Gasteiger partial charge in [0.15, 0.2) is 0 Å². The molecule has 2 fully saturated rings. The van der Waals surface area contributed by atoms with Crippen LogP contribution in [0, 0.1) is 0 Å². The van der Waals surface area contributed by atoms with Crippen LogP contribution in [0.5, 0.6) is 5.75 Å². The van der Waals surface area contributed by atoms with Crippen molar-refractivity contribution in [3.8, 4) is 5.75 Å².